The van der Waals surface area contributed by atoms with E-state index >= 15 is 0 Å². The summed E-state index contributed by atoms with van der Waals surface area (Å²) < 4.78 is 6.25. The van der Waals surface area contributed by atoms with Crippen molar-refractivity contribution in [1.82, 2.24) is 4.90 Å². The monoisotopic (exact) mass is 400 g/mol. The number of amides is 1. The first-order valence-electron chi connectivity index (χ1n) is 10.7. The van der Waals surface area contributed by atoms with Gasteiger partial charge in [-0.3, -0.25) is 4.79 Å². The van der Waals surface area contributed by atoms with E-state index in [0.717, 1.165) is 47.0 Å². The molecule has 0 spiro atoms. The van der Waals surface area contributed by atoms with E-state index in [-0.39, 0.29) is 12.1 Å². The SMILES string of the molecule is C=CCN1C(=O)c2ccccc2NC1c1c(OCCCCC)ccc2ccccc12. The third-order valence-corrected chi connectivity index (χ3v) is 5.56. The highest BCUT2D eigenvalue weighted by molar-refractivity contribution is 6.02. The fourth-order valence-corrected chi connectivity index (χ4v) is 4.07. The molecule has 3 aromatic rings. The first-order chi connectivity index (χ1) is 14.7. The molecule has 0 aromatic heterocycles. The number of unbranched alkanes of at least 4 members (excludes halogenated alkanes) is 2. The highest BCUT2D eigenvalue weighted by Crippen LogP contribution is 2.40. The molecule has 0 saturated carbocycles. The molecule has 1 atom stereocenters. The Morgan fingerprint density at radius 2 is 1.87 bits per heavy atom. The van der Waals surface area contributed by atoms with Crippen molar-refractivity contribution in [3.8, 4) is 5.75 Å². The number of nitrogens with zero attached hydrogens (tertiary/aromatic N) is 1. The molecule has 1 aliphatic heterocycles. The van der Waals surface area contributed by atoms with Gasteiger partial charge in [-0.15, -0.1) is 6.58 Å². The van der Waals surface area contributed by atoms with E-state index in [9.17, 15) is 4.79 Å². The van der Waals surface area contributed by atoms with E-state index in [1.807, 2.05) is 47.4 Å². The minimum atomic E-state index is -0.335. The second kappa shape index (κ2) is 9.04. The van der Waals surface area contributed by atoms with Crippen molar-refractivity contribution in [2.75, 3.05) is 18.5 Å². The summed E-state index contributed by atoms with van der Waals surface area (Å²) in [6.07, 6.45) is 4.74. The van der Waals surface area contributed by atoms with Crippen molar-refractivity contribution in [2.45, 2.75) is 32.4 Å². The lowest BCUT2D eigenvalue weighted by Gasteiger charge is -2.38. The van der Waals surface area contributed by atoms with Gasteiger partial charge in [0.05, 0.1) is 12.2 Å². The maximum Gasteiger partial charge on any atom is 0.258 e. The molecule has 1 unspecified atom stereocenters. The standard InChI is InChI=1S/C26H28N2O2/c1-3-5-10-18-30-23-16-15-19-11-6-7-12-20(19)24(23)25-27-22-14-9-8-13-21(22)26(29)28(25)17-4-2/h4,6-9,11-16,25,27H,2-3,5,10,17-18H2,1H3. The van der Waals surface area contributed by atoms with Crippen LogP contribution in [0.25, 0.3) is 10.8 Å². The Hall–Kier alpha value is -3.27. The average Bonchev–Trinajstić information content (AvgIpc) is 2.78. The molecule has 4 rings (SSSR count). The number of ether oxygens (including phenoxy) is 1. The molecule has 0 aliphatic carbocycles. The number of hydrogen-bond donors (Lipinski definition) is 1. The second-order valence-electron chi connectivity index (χ2n) is 7.59. The lowest BCUT2D eigenvalue weighted by Crippen LogP contribution is -2.43. The summed E-state index contributed by atoms with van der Waals surface area (Å²) in [6, 6.07) is 20.0. The number of hydrogen-bond acceptors (Lipinski definition) is 3. The molecule has 4 nitrogen and oxygen atoms in total. The lowest BCUT2D eigenvalue weighted by molar-refractivity contribution is 0.0706. The van der Waals surface area contributed by atoms with Crippen molar-refractivity contribution in [2.24, 2.45) is 0 Å². The predicted molar refractivity (Wildman–Crippen MR) is 123 cm³/mol. The molecule has 1 heterocycles. The summed E-state index contributed by atoms with van der Waals surface area (Å²) >= 11 is 0. The number of para-hydroxylation sites is 1. The van der Waals surface area contributed by atoms with Crippen LogP contribution in [-0.2, 0) is 0 Å². The van der Waals surface area contributed by atoms with Crippen LogP contribution in [0.2, 0.25) is 0 Å². The Morgan fingerprint density at radius 1 is 1.07 bits per heavy atom. The maximum absolute atomic E-state index is 13.3. The summed E-state index contributed by atoms with van der Waals surface area (Å²) in [7, 11) is 0. The van der Waals surface area contributed by atoms with Gasteiger partial charge in [-0.2, -0.15) is 0 Å². The zero-order chi connectivity index (χ0) is 20.9. The normalized spacial score (nSPS) is 15.6. The topological polar surface area (TPSA) is 41.6 Å². The van der Waals surface area contributed by atoms with Gasteiger partial charge in [0.15, 0.2) is 0 Å². The molecule has 3 aromatic carbocycles. The molecule has 0 radical (unpaired) electrons. The number of anilines is 1. The van der Waals surface area contributed by atoms with E-state index in [1.54, 1.807) is 6.08 Å². The molecular weight excluding hydrogens is 372 g/mol. The van der Waals surface area contributed by atoms with Gasteiger partial charge in [-0.05, 0) is 35.4 Å². The smallest absolute Gasteiger partial charge is 0.258 e. The largest absolute Gasteiger partial charge is 0.493 e. The van der Waals surface area contributed by atoms with Crippen LogP contribution >= 0.6 is 0 Å². The average molecular weight is 401 g/mol. The van der Waals surface area contributed by atoms with Crippen LogP contribution in [0.15, 0.2) is 73.3 Å². The van der Waals surface area contributed by atoms with Gasteiger partial charge >= 0.3 is 0 Å². The quantitative estimate of drug-likeness (QED) is 0.364. The molecular formula is C26H28N2O2. The number of fused-ring (bicyclic) bond motifs is 2. The maximum atomic E-state index is 13.3. The third-order valence-electron chi connectivity index (χ3n) is 5.56. The third kappa shape index (κ3) is 3.78. The van der Waals surface area contributed by atoms with E-state index in [2.05, 4.69) is 37.0 Å². The number of rotatable bonds is 8. The van der Waals surface area contributed by atoms with E-state index < -0.39 is 0 Å². The van der Waals surface area contributed by atoms with E-state index in [4.69, 9.17) is 4.74 Å². The number of benzene rings is 3. The van der Waals surface area contributed by atoms with Crippen LogP contribution in [0.1, 0.15) is 48.3 Å². The van der Waals surface area contributed by atoms with Crippen LogP contribution in [-0.4, -0.2) is 24.0 Å². The summed E-state index contributed by atoms with van der Waals surface area (Å²) in [6.45, 7) is 7.17. The van der Waals surface area contributed by atoms with Crippen LogP contribution in [0.5, 0.6) is 5.75 Å². The molecule has 30 heavy (non-hydrogen) atoms. The lowest BCUT2D eigenvalue weighted by atomic mass is 9.97. The van der Waals surface area contributed by atoms with Gasteiger partial charge in [0.25, 0.3) is 5.91 Å². The number of carbonyl (C=O) groups is 1. The summed E-state index contributed by atoms with van der Waals surface area (Å²) in [4.78, 5) is 15.2. The number of carbonyl (C=O) groups excluding carboxylic acids is 1. The Labute approximate surface area is 178 Å². The van der Waals surface area contributed by atoms with Crippen molar-refractivity contribution < 1.29 is 9.53 Å². The van der Waals surface area contributed by atoms with Crippen LogP contribution in [0.4, 0.5) is 5.69 Å². The zero-order valence-corrected chi connectivity index (χ0v) is 17.4. The van der Waals surface area contributed by atoms with E-state index in [1.165, 1.54) is 0 Å². The summed E-state index contributed by atoms with van der Waals surface area (Å²) in [5.41, 5.74) is 2.52. The Kier molecular flexibility index (Phi) is 6.03. The van der Waals surface area contributed by atoms with Crippen LogP contribution in [0, 0.1) is 0 Å². The molecule has 1 N–H and O–H groups in total. The zero-order valence-electron chi connectivity index (χ0n) is 17.4. The Morgan fingerprint density at radius 3 is 2.70 bits per heavy atom. The van der Waals surface area contributed by atoms with Gasteiger partial charge in [0.1, 0.15) is 11.9 Å². The van der Waals surface area contributed by atoms with Gasteiger partial charge in [-0.25, -0.2) is 0 Å². The van der Waals surface area contributed by atoms with Crippen molar-refractivity contribution >= 4 is 22.4 Å². The minimum absolute atomic E-state index is 0.000817. The highest BCUT2D eigenvalue weighted by Gasteiger charge is 2.34. The Balaban J connectivity index is 1.83. The fraction of sp³-hybridized carbons (Fsp3) is 0.269. The molecule has 0 saturated heterocycles. The second-order valence-corrected chi connectivity index (χ2v) is 7.59. The Bertz CT molecular complexity index is 1060. The van der Waals surface area contributed by atoms with Crippen molar-refractivity contribution in [1.29, 1.82) is 0 Å². The van der Waals surface area contributed by atoms with Crippen LogP contribution in [0.3, 0.4) is 0 Å². The molecule has 4 heteroatoms. The summed E-state index contributed by atoms with van der Waals surface area (Å²) in [5.74, 6) is 0.822. The molecule has 154 valence electrons. The van der Waals surface area contributed by atoms with Gasteiger partial charge < -0.3 is 15.0 Å². The van der Waals surface area contributed by atoms with Gasteiger partial charge in [-0.1, -0.05) is 68.3 Å². The molecule has 1 amide bonds. The molecule has 0 bridgehead atoms. The highest BCUT2D eigenvalue weighted by atomic mass is 16.5. The predicted octanol–water partition coefficient (Wildman–Crippen LogP) is 6.16. The number of nitrogens with one attached hydrogen (secondary N) is 1. The molecule has 0 fully saturated rings. The van der Waals surface area contributed by atoms with Crippen molar-refractivity contribution in [3.05, 3.63) is 84.4 Å². The van der Waals surface area contributed by atoms with Crippen molar-refractivity contribution in [3.63, 3.8) is 0 Å². The fourth-order valence-electron chi connectivity index (χ4n) is 4.07. The first-order valence-corrected chi connectivity index (χ1v) is 10.7. The van der Waals surface area contributed by atoms with E-state index in [0.29, 0.717) is 18.7 Å². The first kappa shape index (κ1) is 20.0. The van der Waals surface area contributed by atoms with Gasteiger partial charge in [0, 0.05) is 17.8 Å². The summed E-state index contributed by atoms with van der Waals surface area (Å²) in [5, 5.41) is 5.80. The van der Waals surface area contributed by atoms with Gasteiger partial charge in [0.2, 0.25) is 0 Å². The molecule has 1 aliphatic rings. The minimum Gasteiger partial charge on any atom is -0.493 e. The van der Waals surface area contributed by atoms with Crippen LogP contribution < -0.4 is 10.1 Å².